The zero-order valence-electron chi connectivity index (χ0n) is 18.4. The van der Waals surface area contributed by atoms with Crippen LogP contribution in [-0.4, -0.2) is 67.2 Å². The molecule has 2 saturated heterocycles. The number of hydrogen-bond acceptors (Lipinski definition) is 3. The lowest BCUT2D eigenvalue weighted by atomic mass is 9.97. The maximum Gasteiger partial charge on any atom is 0.194 e. The molecule has 0 aliphatic carbocycles. The van der Waals surface area contributed by atoms with Gasteiger partial charge in [0.1, 0.15) is 11.9 Å². The van der Waals surface area contributed by atoms with E-state index in [0.717, 1.165) is 44.2 Å². The quantitative estimate of drug-likeness (QED) is 0.600. The van der Waals surface area contributed by atoms with E-state index in [2.05, 4.69) is 42.8 Å². The molecule has 6 heteroatoms. The number of aliphatic imine (C=N–C) groups is 1. The predicted molar refractivity (Wildman–Crippen MR) is 117 cm³/mol. The van der Waals surface area contributed by atoms with Crippen LogP contribution in [0, 0.1) is 11.7 Å². The third-order valence-electron chi connectivity index (χ3n) is 5.92. The summed E-state index contributed by atoms with van der Waals surface area (Å²) < 4.78 is 19.5. The van der Waals surface area contributed by atoms with Crippen molar-refractivity contribution in [1.82, 2.24) is 15.1 Å². The van der Waals surface area contributed by atoms with Gasteiger partial charge in [0.05, 0.1) is 12.6 Å². The number of morpholine rings is 1. The smallest absolute Gasteiger partial charge is 0.194 e. The van der Waals surface area contributed by atoms with Gasteiger partial charge >= 0.3 is 0 Å². The summed E-state index contributed by atoms with van der Waals surface area (Å²) >= 11 is 0. The number of ether oxygens (including phenoxy) is 1. The molecule has 1 aromatic carbocycles. The highest BCUT2D eigenvalue weighted by atomic mass is 19.1. The lowest BCUT2D eigenvalue weighted by molar-refractivity contribution is -0.0605. The molecule has 5 nitrogen and oxygen atoms in total. The van der Waals surface area contributed by atoms with Crippen LogP contribution in [-0.2, 0) is 4.74 Å². The van der Waals surface area contributed by atoms with Crippen LogP contribution in [0.4, 0.5) is 4.39 Å². The van der Waals surface area contributed by atoms with Crippen LogP contribution in [0.2, 0.25) is 0 Å². The monoisotopic (exact) mass is 404 g/mol. The van der Waals surface area contributed by atoms with E-state index in [1.807, 2.05) is 12.1 Å². The van der Waals surface area contributed by atoms with Gasteiger partial charge in [-0.15, -0.1) is 0 Å². The van der Waals surface area contributed by atoms with Crippen molar-refractivity contribution in [3.63, 3.8) is 0 Å². The van der Waals surface area contributed by atoms with E-state index in [-0.39, 0.29) is 18.0 Å². The number of nitrogens with one attached hydrogen (secondary N) is 1. The van der Waals surface area contributed by atoms with E-state index in [0.29, 0.717) is 12.0 Å². The summed E-state index contributed by atoms with van der Waals surface area (Å²) in [5.41, 5.74) is 1.01. The zero-order valence-corrected chi connectivity index (χ0v) is 18.4. The lowest BCUT2D eigenvalue weighted by Gasteiger charge is -2.39. The molecule has 3 atom stereocenters. The maximum absolute atomic E-state index is 13.3. The first kappa shape index (κ1) is 22.0. The summed E-state index contributed by atoms with van der Waals surface area (Å²) in [7, 11) is 0. The Morgan fingerprint density at radius 2 is 2.00 bits per heavy atom. The molecule has 0 aromatic heterocycles. The molecule has 2 aliphatic rings. The molecule has 3 rings (SSSR count). The van der Waals surface area contributed by atoms with Gasteiger partial charge in [-0.25, -0.2) is 4.39 Å². The largest absolute Gasteiger partial charge is 0.367 e. The lowest BCUT2D eigenvalue weighted by Crippen LogP contribution is -2.51. The Labute approximate surface area is 175 Å². The number of halogens is 1. The summed E-state index contributed by atoms with van der Waals surface area (Å²) in [6, 6.07) is 7.26. The summed E-state index contributed by atoms with van der Waals surface area (Å²) in [4.78, 5) is 9.89. The Kier molecular flexibility index (Phi) is 7.90. The Morgan fingerprint density at radius 3 is 2.69 bits per heavy atom. The van der Waals surface area contributed by atoms with Crippen LogP contribution in [0.15, 0.2) is 29.3 Å². The van der Waals surface area contributed by atoms with E-state index in [1.165, 1.54) is 31.5 Å². The van der Waals surface area contributed by atoms with Crippen molar-refractivity contribution in [1.29, 1.82) is 0 Å². The third-order valence-corrected chi connectivity index (χ3v) is 5.92. The molecule has 2 fully saturated rings. The second kappa shape index (κ2) is 10.4. The summed E-state index contributed by atoms with van der Waals surface area (Å²) in [5, 5.41) is 3.47. The Hall–Kier alpha value is -1.66. The average Bonchev–Trinajstić information content (AvgIpc) is 2.71. The molecule has 0 bridgehead atoms. The van der Waals surface area contributed by atoms with E-state index in [4.69, 9.17) is 9.73 Å². The van der Waals surface area contributed by atoms with Crippen molar-refractivity contribution in [2.75, 3.05) is 39.3 Å². The van der Waals surface area contributed by atoms with E-state index >= 15 is 0 Å². The van der Waals surface area contributed by atoms with Crippen molar-refractivity contribution in [2.24, 2.45) is 10.9 Å². The summed E-state index contributed by atoms with van der Waals surface area (Å²) in [5.74, 6) is 1.37. The number of hydrogen-bond donors (Lipinski definition) is 1. The van der Waals surface area contributed by atoms with Crippen molar-refractivity contribution in [2.45, 2.75) is 58.8 Å². The van der Waals surface area contributed by atoms with Gasteiger partial charge in [0.25, 0.3) is 0 Å². The number of likely N-dealkylation sites (tertiary alicyclic amines) is 1. The second-order valence-corrected chi connectivity index (χ2v) is 8.68. The number of benzene rings is 1. The first-order valence-electron chi connectivity index (χ1n) is 11.1. The van der Waals surface area contributed by atoms with Crippen LogP contribution in [0.1, 0.15) is 52.2 Å². The first-order valence-corrected chi connectivity index (χ1v) is 11.1. The first-order chi connectivity index (χ1) is 14.0. The van der Waals surface area contributed by atoms with Crippen LogP contribution >= 0.6 is 0 Å². The molecule has 0 amide bonds. The highest BCUT2D eigenvalue weighted by molar-refractivity contribution is 5.80. The SMILES string of the molecule is CCNC(=NCC1CCCN(C(C)C)C1)N1CC(C)OC(c2ccc(F)cc2)C1. The molecule has 2 aliphatic heterocycles. The summed E-state index contributed by atoms with van der Waals surface area (Å²) in [6.07, 6.45) is 2.53. The molecular formula is C23H37FN4O. The van der Waals surface area contributed by atoms with Gasteiger partial charge in [0.2, 0.25) is 0 Å². The molecule has 162 valence electrons. The topological polar surface area (TPSA) is 40.1 Å². The van der Waals surface area contributed by atoms with Gasteiger partial charge in [0, 0.05) is 32.2 Å². The van der Waals surface area contributed by atoms with Gasteiger partial charge in [-0.2, -0.15) is 0 Å². The van der Waals surface area contributed by atoms with Crippen molar-refractivity contribution in [3.05, 3.63) is 35.6 Å². The number of nitrogens with zero attached hydrogens (tertiary/aromatic N) is 3. The fourth-order valence-electron chi connectivity index (χ4n) is 4.34. The third kappa shape index (κ3) is 6.16. The van der Waals surface area contributed by atoms with E-state index in [1.54, 1.807) is 0 Å². The minimum atomic E-state index is -0.215. The maximum atomic E-state index is 13.3. The van der Waals surface area contributed by atoms with Crippen molar-refractivity contribution < 1.29 is 9.13 Å². The standard InChI is InChI=1S/C23H37FN4O/c1-5-25-23(26-13-19-7-6-12-27(15-19)17(2)3)28-14-18(4)29-22(16-28)20-8-10-21(24)11-9-20/h8-11,17-19,22H,5-7,12-16H2,1-4H3,(H,25,26). The minimum Gasteiger partial charge on any atom is -0.367 e. The molecule has 29 heavy (non-hydrogen) atoms. The normalized spacial score (nSPS) is 26.8. The average molecular weight is 405 g/mol. The molecule has 0 spiro atoms. The van der Waals surface area contributed by atoms with Gasteiger partial charge in [0.15, 0.2) is 5.96 Å². The highest BCUT2D eigenvalue weighted by Gasteiger charge is 2.29. The Bertz CT molecular complexity index is 663. The van der Waals surface area contributed by atoms with Crippen molar-refractivity contribution in [3.8, 4) is 0 Å². The fourth-order valence-corrected chi connectivity index (χ4v) is 4.34. The predicted octanol–water partition coefficient (Wildman–Crippen LogP) is 3.67. The van der Waals surface area contributed by atoms with Crippen LogP contribution in [0.25, 0.3) is 0 Å². The number of piperidine rings is 1. The van der Waals surface area contributed by atoms with Crippen LogP contribution < -0.4 is 5.32 Å². The van der Waals surface area contributed by atoms with Crippen LogP contribution in [0.3, 0.4) is 0 Å². The van der Waals surface area contributed by atoms with Crippen LogP contribution in [0.5, 0.6) is 0 Å². The molecular weight excluding hydrogens is 367 g/mol. The molecule has 2 heterocycles. The van der Waals surface area contributed by atoms with Gasteiger partial charge in [-0.3, -0.25) is 4.99 Å². The molecule has 0 saturated carbocycles. The minimum absolute atomic E-state index is 0.0747. The number of guanidine groups is 1. The second-order valence-electron chi connectivity index (χ2n) is 8.68. The molecule has 1 aromatic rings. The van der Waals surface area contributed by atoms with Gasteiger partial charge in [-0.05, 0) is 70.7 Å². The molecule has 1 N–H and O–H groups in total. The molecule has 3 unspecified atom stereocenters. The summed E-state index contributed by atoms with van der Waals surface area (Å²) in [6.45, 7) is 14.3. The number of rotatable bonds is 5. The van der Waals surface area contributed by atoms with Gasteiger partial charge < -0.3 is 19.9 Å². The Morgan fingerprint density at radius 1 is 1.24 bits per heavy atom. The van der Waals surface area contributed by atoms with Gasteiger partial charge in [-0.1, -0.05) is 12.1 Å². The Balaban J connectivity index is 1.68. The van der Waals surface area contributed by atoms with Crippen molar-refractivity contribution >= 4 is 5.96 Å². The molecule has 0 radical (unpaired) electrons. The zero-order chi connectivity index (χ0) is 20.8. The fraction of sp³-hybridized carbons (Fsp3) is 0.696. The van der Waals surface area contributed by atoms with E-state index in [9.17, 15) is 4.39 Å². The van der Waals surface area contributed by atoms with E-state index < -0.39 is 0 Å². The highest BCUT2D eigenvalue weighted by Crippen LogP contribution is 2.26.